The number of amides is 4. The summed E-state index contributed by atoms with van der Waals surface area (Å²) < 4.78 is 11.2. The van der Waals surface area contributed by atoms with Gasteiger partial charge in [-0.15, -0.1) is 0 Å². The summed E-state index contributed by atoms with van der Waals surface area (Å²) in [5.74, 6) is 1.76. The van der Waals surface area contributed by atoms with Gasteiger partial charge in [0.15, 0.2) is 0 Å². The number of aromatic amines is 2. The number of methoxy groups -OCH3 is 1. The lowest BCUT2D eigenvalue weighted by atomic mass is 9.92. The van der Waals surface area contributed by atoms with Crippen LogP contribution in [-0.4, -0.2) is 85.1 Å². The van der Waals surface area contributed by atoms with E-state index in [0.717, 1.165) is 68.3 Å². The zero-order chi connectivity index (χ0) is 42.5. The van der Waals surface area contributed by atoms with Gasteiger partial charge in [-0.05, 0) is 83.0 Å². The van der Waals surface area contributed by atoms with E-state index in [1.807, 2.05) is 30.9 Å². The molecule has 3 aliphatic rings. The maximum Gasteiger partial charge on any atom is 0.407 e. The van der Waals surface area contributed by atoms with Crippen molar-refractivity contribution in [2.24, 2.45) is 11.8 Å². The van der Waals surface area contributed by atoms with E-state index in [0.29, 0.717) is 43.3 Å². The van der Waals surface area contributed by atoms with E-state index in [-0.39, 0.29) is 35.7 Å². The number of rotatable bonds is 9. The van der Waals surface area contributed by atoms with Crippen molar-refractivity contribution in [2.75, 3.05) is 20.2 Å². The van der Waals surface area contributed by atoms with Crippen molar-refractivity contribution in [1.82, 2.24) is 40.4 Å². The lowest BCUT2D eigenvalue weighted by Gasteiger charge is -2.30. The Hall–Kier alpha value is -6.90. The number of carbonyl (C=O) groups excluding carboxylic acids is 3. The molecule has 0 radical (unpaired) electrons. The molecule has 314 valence electrons. The molecule has 2 aromatic heterocycles. The normalized spacial score (nSPS) is 19.3. The Morgan fingerprint density at radius 1 is 0.918 bits per heavy atom. The molecule has 15 heteroatoms. The van der Waals surface area contributed by atoms with E-state index in [9.17, 15) is 24.3 Å². The van der Waals surface area contributed by atoms with Crippen molar-refractivity contribution in [3.05, 3.63) is 102 Å². The molecule has 4 aromatic carbocycles. The summed E-state index contributed by atoms with van der Waals surface area (Å²) in [5.41, 5.74) is 7.04. The number of alkyl carbamates (subject to hydrolysis) is 1. The molecule has 3 aliphatic heterocycles. The number of nitrogens with one attached hydrogen (secondary N) is 4. The second-order valence-electron chi connectivity index (χ2n) is 16.7. The smallest absolute Gasteiger partial charge is 0.407 e. The average Bonchev–Trinajstić information content (AvgIpc) is 4.10. The van der Waals surface area contributed by atoms with Gasteiger partial charge in [-0.3, -0.25) is 9.59 Å². The Labute approximate surface area is 351 Å². The van der Waals surface area contributed by atoms with E-state index in [2.05, 4.69) is 63.9 Å². The topological polar surface area (TPSA) is 195 Å². The minimum absolute atomic E-state index is 0.137. The fraction of sp³-hybridized carbons (Fsp3) is 0.348. The molecular formula is C46H48N8O7. The Bertz CT molecular complexity index is 2670. The number of likely N-dealkylation sites (tertiary alicyclic amines) is 2. The number of fused-ring (bicyclic) bond motifs is 6. The van der Waals surface area contributed by atoms with Crippen LogP contribution in [0.2, 0.25) is 0 Å². The quantitative estimate of drug-likeness (QED) is 0.0975. The number of nitrogens with zero attached hydrogens (tertiary/aromatic N) is 4. The summed E-state index contributed by atoms with van der Waals surface area (Å²) in [6.07, 6.45) is 2.09. The fourth-order valence-corrected chi connectivity index (χ4v) is 9.25. The second-order valence-corrected chi connectivity index (χ2v) is 16.7. The molecule has 15 nitrogen and oxygen atoms in total. The van der Waals surface area contributed by atoms with Crippen molar-refractivity contribution in [2.45, 2.75) is 70.8 Å². The van der Waals surface area contributed by atoms with Crippen LogP contribution in [-0.2, 0) is 20.9 Å². The highest BCUT2D eigenvalue weighted by atomic mass is 16.5. The van der Waals surface area contributed by atoms with Crippen LogP contribution in [0.4, 0.5) is 9.59 Å². The number of hydrogen-bond acceptors (Lipinski definition) is 8. The van der Waals surface area contributed by atoms with Gasteiger partial charge in [-0.25, -0.2) is 19.6 Å². The predicted octanol–water partition coefficient (Wildman–Crippen LogP) is 7.63. The molecule has 0 spiro atoms. The predicted molar refractivity (Wildman–Crippen MR) is 227 cm³/mol. The number of imidazole rings is 2. The van der Waals surface area contributed by atoms with Crippen LogP contribution < -0.4 is 15.4 Å². The van der Waals surface area contributed by atoms with Gasteiger partial charge in [0.25, 0.3) is 5.91 Å². The van der Waals surface area contributed by atoms with E-state index >= 15 is 0 Å². The number of benzene rings is 4. The average molecular weight is 825 g/mol. The van der Waals surface area contributed by atoms with Crippen molar-refractivity contribution in [1.29, 1.82) is 0 Å². The monoisotopic (exact) mass is 824 g/mol. The molecule has 5 atom stereocenters. The van der Waals surface area contributed by atoms with Crippen LogP contribution >= 0.6 is 0 Å². The summed E-state index contributed by atoms with van der Waals surface area (Å²) in [4.78, 5) is 71.9. The highest BCUT2D eigenvalue weighted by Crippen LogP contribution is 2.44. The van der Waals surface area contributed by atoms with Crippen molar-refractivity contribution < 1.29 is 33.8 Å². The molecule has 5 heterocycles. The standard InChI is InChI=1S/C46H48N8O7/c1-24(2)38(52-46(59)60-4)43(55)54-22-25(3)17-36(54)42-48-33-15-13-27-19-32-30-14-12-28(18-29(30)23-61-37(32)20-31(27)40(33)50-42)34-21-47-41(49-34)35-11-8-16-53(35)44(56)39(51-45(57)58)26-9-6-5-7-10-26/h5-7,9-10,12-15,18-21,24-25,35-36,38-39,51H,8,11,16-17,22-23H2,1-4H3,(H,47,49)(H,48,50)(H,52,59)(H,57,58)/t25-,35-,36-,38-,39+/m0/s1. The molecular weight excluding hydrogens is 777 g/mol. The summed E-state index contributed by atoms with van der Waals surface area (Å²) in [5, 5.41) is 16.7. The van der Waals surface area contributed by atoms with E-state index in [1.54, 1.807) is 35.4 Å². The molecule has 0 unspecified atom stereocenters. The van der Waals surface area contributed by atoms with Gasteiger partial charge in [0.05, 0.1) is 42.1 Å². The van der Waals surface area contributed by atoms with Gasteiger partial charge in [-0.1, -0.05) is 69.3 Å². The van der Waals surface area contributed by atoms with Crippen LogP contribution in [0.25, 0.3) is 44.2 Å². The summed E-state index contributed by atoms with van der Waals surface area (Å²) >= 11 is 0. The highest BCUT2D eigenvalue weighted by molar-refractivity contribution is 6.07. The van der Waals surface area contributed by atoms with Crippen molar-refractivity contribution in [3.8, 4) is 28.1 Å². The molecule has 6 aromatic rings. The van der Waals surface area contributed by atoms with E-state index in [1.165, 1.54) is 7.11 Å². The van der Waals surface area contributed by atoms with Crippen LogP contribution in [0.1, 0.15) is 80.9 Å². The van der Waals surface area contributed by atoms with Crippen molar-refractivity contribution in [3.63, 3.8) is 0 Å². The third-order valence-corrected chi connectivity index (χ3v) is 12.3. The maximum absolute atomic E-state index is 13.9. The summed E-state index contributed by atoms with van der Waals surface area (Å²) in [6, 6.07) is 21.1. The van der Waals surface area contributed by atoms with Crippen LogP contribution in [0.15, 0.2) is 79.0 Å². The summed E-state index contributed by atoms with van der Waals surface area (Å²) in [7, 11) is 1.29. The SMILES string of the molecule is COC(=O)N[C@H](C(=O)N1C[C@@H](C)C[C@H]1c1nc2ccc3cc4c(cc3c2[nH]1)OCc1cc(-c2cnc([C@@H]3CCCN3C(=O)[C@H](NC(=O)O)c3ccccc3)[nH]2)ccc1-4)C(C)C. The molecule has 2 saturated heterocycles. The first-order valence-corrected chi connectivity index (χ1v) is 20.7. The number of aromatic nitrogens is 4. The Kier molecular flexibility index (Phi) is 10.3. The first kappa shape index (κ1) is 39.6. The van der Waals surface area contributed by atoms with Gasteiger partial charge in [0, 0.05) is 24.0 Å². The number of H-pyrrole nitrogens is 2. The Morgan fingerprint density at radius 3 is 2.51 bits per heavy atom. The number of carbonyl (C=O) groups is 4. The lowest BCUT2D eigenvalue weighted by molar-refractivity contribution is -0.136. The van der Waals surface area contributed by atoms with E-state index in [4.69, 9.17) is 19.4 Å². The minimum Gasteiger partial charge on any atom is -0.488 e. The summed E-state index contributed by atoms with van der Waals surface area (Å²) in [6.45, 7) is 7.34. The molecule has 0 aliphatic carbocycles. The maximum atomic E-state index is 13.9. The first-order chi connectivity index (χ1) is 29.5. The molecule has 0 saturated carbocycles. The minimum atomic E-state index is -1.26. The van der Waals surface area contributed by atoms with Crippen LogP contribution in [0.3, 0.4) is 0 Å². The zero-order valence-corrected chi connectivity index (χ0v) is 34.4. The van der Waals surface area contributed by atoms with Gasteiger partial charge < -0.3 is 45.0 Å². The number of hydrogen-bond donors (Lipinski definition) is 5. The first-order valence-electron chi connectivity index (χ1n) is 20.7. The molecule has 61 heavy (non-hydrogen) atoms. The highest BCUT2D eigenvalue weighted by Gasteiger charge is 2.41. The van der Waals surface area contributed by atoms with Gasteiger partial charge in [-0.2, -0.15) is 0 Å². The van der Waals surface area contributed by atoms with Gasteiger partial charge >= 0.3 is 12.2 Å². The molecule has 4 amide bonds. The van der Waals surface area contributed by atoms with Crippen LogP contribution in [0.5, 0.6) is 5.75 Å². The van der Waals surface area contributed by atoms with Crippen molar-refractivity contribution >= 4 is 45.8 Å². The lowest BCUT2D eigenvalue weighted by Crippen LogP contribution is -2.51. The molecule has 9 rings (SSSR count). The Morgan fingerprint density at radius 2 is 1.74 bits per heavy atom. The third-order valence-electron chi connectivity index (χ3n) is 12.3. The molecule has 0 bridgehead atoms. The zero-order valence-electron chi connectivity index (χ0n) is 34.4. The molecule has 2 fully saturated rings. The van der Waals surface area contributed by atoms with Gasteiger partial charge in [0.2, 0.25) is 5.91 Å². The Balaban J connectivity index is 0.963. The third kappa shape index (κ3) is 7.38. The van der Waals surface area contributed by atoms with E-state index < -0.39 is 24.3 Å². The number of ether oxygens (including phenoxy) is 2. The number of carboxylic acid groups (broad SMARTS) is 1. The largest absolute Gasteiger partial charge is 0.488 e. The fourth-order valence-electron chi connectivity index (χ4n) is 9.25. The second kappa shape index (κ2) is 15.9. The van der Waals surface area contributed by atoms with Crippen LogP contribution in [0, 0.1) is 11.8 Å². The molecule has 5 N–H and O–H groups in total. The van der Waals surface area contributed by atoms with Gasteiger partial charge in [0.1, 0.15) is 36.1 Å².